The van der Waals surface area contributed by atoms with Gasteiger partial charge in [0.1, 0.15) is 5.75 Å². The Morgan fingerprint density at radius 2 is 2.19 bits per heavy atom. The molecule has 1 aromatic heterocycles. The minimum atomic E-state index is 0.494. The minimum Gasteiger partial charge on any atom is -0.493 e. The maximum Gasteiger partial charge on any atom is 0.122 e. The average molecular weight is 301 g/mol. The van der Waals surface area contributed by atoms with E-state index in [-0.39, 0.29) is 0 Å². The van der Waals surface area contributed by atoms with E-state index >= 15 is 0 Å². The molecule has 1 aromatic carbocycles. The highest BCUT2D eigenvalue weighted by molar-refractivity contribution is 7.09. The molecule has 3 heteroatoms. The van der Waals surface area contributed by atoms with Crippen LogP contribution in [-0.2, 0) is 6.42 Å². The van der Waals surface area contributed by atoms with E-state index in [1.165, 1.54) is 16.9 Å². The van der Waals surface area contributed by atoms with Gasteiger partial charge in [-0.25, -0.2) is 0 Å². The van der Waals surface area contributed by atoms with Gasteiger partial charge in [0.2, 0.25) is 0 Å². The van der Waals surface area contributed by atoms with Gasteiger partial charge in [-0.05, 0) is 48.9 Å². The lowest BCUT2D eigenvalue weighted by atomic mass is 9.84. The van der Waals surface area contributed by atoms with Gasteiger partial charge < -0.3 is 10.1 Å². The SMILES string of the molecule is CCCNC(Cc1cccs1)C1CCOc2ccccc21. The Kier molecular flexibility index (Phi) is 4.94. The molecule has 1 aliphatic rings. The lowest BCUT2D eigenvalue weighted by Crippen LogP contribution is -2.39. The van der Waals surface area contributed by atoms with Crippen LogP contribution < -0.4 is 10.1 Å². The lowest BCUT2D eigenvalue weighted by molar-refractivity contribution is 0.244. The molecule has 0 bridgehead atoms. The molecule has 2 heterocycles. The lowest BCUT2D eigenvalue weighted by Gasteiger charge is -2.33. The second kappa shape index (κ2) is 7.10. The topological polar surface area (TPSA) is 21.3 Å². The molecule has 1 N–H and O–H groups in total. The van der Waals surface area contributed by atoms with Crippen LogP contribution in [0, 0.1) is 0 Å². The largest absolute Gasteiger partial charge is 0.493 e. The van der Waals surface area contributed by atoms with Gasteiger partial charge in [0, 0.05) is 16.8 Å². The van der Waals surface area contributed by atoms with Crippen molar-refractivity contribution in [3.63, 3.8) is 0 Å². The van der Waals surface area contributed by atoms with Crippen LogP contribution >= 0.6 is 11.3 Å². The number of hydrogen-bond acceptors (Lipinski definition) is 3. The summed E-state index contributed by atoms with van der Waals surface area (Å²) in [5, 5.41) is 5.94. The van der Waals surface area contributed by atoms with Gasteiger partial charge in [0.15, 0.2) is 0 Å². The first-order chi connectivity index (χ1) is 10.4. The summed E-state index contributed by atoms with van der Waals surface area (Å²) in [5.74, 6) is 1.62. The second-order valence-corrected chi connectivity index (χ2v) is 6.66. The third-order valence-electron chi connectivity index (χ3n) is 4.15. The van der Waals surface area contributed by atoms with Crippen LogP contribution in [0.1, 0.15) is 36.1 Å². The van der Waals surface area contributed by atoms with Gasteiger partial charge in [0.25, 0.3) is 0 Å². The van der Waals surface area contributed by atoms with Gasteiger partial charge in [-0.2, -0.15) is 0 Å². The van der Waals surface area contributed by atoms with Crippen molar-refractivity contribution in [3.8, 4) is 5.75 Å². The molecule has 2 aromatic rings. The van der Waals surface area contributed by atoms with Gasteiger partial charge in [-0.3, -0.25) is 0 Å². The third kappa shape index (κ3) is 3.47. The summed E-state index contributed by atoms with van der Waals surface area (Å²) in [6, 6.07) is 13.4. The van der Waals surface area contributed by atoms with Gasteiger partial charge in [-0.15, -0.1) is 11.3 Å². The van der Waals surface area contributed by atoms with Crippen molar-refractivity contribution in [3.05, 3.63) is 52.2 Å². The molecule has 0 amide bonds. The van der Waals surface area contributed by atoms with Crippen LogP contribution in [0.2, 0.25) is 0 Å². The molecular formula is C18H23NOS. The van der Waals surface area contributed by atoms with Crippen molar-refractivity contribution < 1.29 is 4.74 Å². The standard InChI is InChI=1S/C18H23NOS/c1-2-10-19-17(13-14-6-5-12-21-14)15-9-11-20-18-8-4-3-7-16(15)18/h3-8,12,15,17,19H,2,9-11,13H2,1H3. The first-order valence-electron chi connectivity index (χ1n) is 7.86. The average Bonchev–Trinajstić information content (AvgIpc) is 3.04. The fraction of sp³-hybridized carbons (Fsp3) is 0.444. The van der Waals surface area contributed by atoms with Crippen molar-refractivity contribution >= 4 is 11.3 Å². The van der Waals surface area contributed by atoms with Crippen LogP contribution in [0.4, 0.5) is 0 Å². The molecule has 0 saturated heterocycles. The van der Waals surface area contributed by atoms with Gasteiger partial charge in [0.05, 0.1) is 6.61 Å². The van der Waals surface area contributed by atoms with E-state index in [9.17, 15) is 0 Å². The van der Waals surface area contributed by atoms with E-state index in [1.54, 1.807) is 0 Å². The number of fused-ring (bicyclic) bond motifs is 1. The van der Waals surface area contributed by atoms with Crippen molar-refractivity contribution in [1.29, 1.82) is 0 Å². The fourth-order valence-electron chi connectivity index (χ4n) is 3.12. The zero-order valence-corrected chi connectivity index (χ0v) is 13.4. The summed E-state index contributed by atoms with van der Waals surface area (Å²) >= 11 is 1.86. The molecule has 0 radical (unpaired) electrons. The summed E-state index contributed by atoms with van der Waals surface area (Å²) < 4.78 is 5.82. The maximum atomic E-state index is 5.82. The predicted molar refractivity (Wildman–Crippen MR) is 89.4 cm³/mol. The van der Waals surface area contributed by atoms with Crippen LogP contribution in [0.15, 0.2) is 41.8 Å². The molecule has 2 unspecified atom stereocenters. The molecule has 0 spiro atoms. The Bertz CT molecular complexity index is 552. The summed E-state index contributed by atoms with van der Waals surface area (Å²) in [5.41, 5.74) is 1.37. The summed E-state index contributed by atoms with van der Waals surface area (Å²) in [6.45, 7) is 4.14. The number of para-hydroxylation sites is 1. The van der Waals surface area contributed by atoms with E-state index < -0.39 is 0 Å². The van der Waals surface area contributed by atoms with E-state index in [0.29, 0.717) is 12.0 Å². The Morgan fingerprint density at radius 1 is 1.29 bits per heavy atom. The predicted octanol–water partition coefficient (Wildman–Crippen LogP) is 4.23. The van der Waals surface area contributed by atoms with Gasteiger partial charge in [-0.1, -0.05) is 31.2 Å². The number of nitrogens with one attached hydrogen (secondary N) is 1. The normalized spacial score (nSPS) is 18.8. The van der Waals surface area contributed by atoms with Crippen molar-refractivity contribution in [2.45, 2.75) is 38.1 Å². The van der Waals surface area contributed by atoms with Crippen molar-refractivity contribution in [2.75, 3.05) is 13.2 Å². The molecule has 0 saturated carbocycles. The molecule has 2 nitrogen and oxygen atoms in total. The second-order valence-electron chi connectivity index (χ2n) is 5.63. The number of rotatable bonds is 6. The van der Waals surface area contributed by atoms with E-state index in [4.69, 9.17) is 4.74 Å². The Morgan fingerprint density at radius 3 is 3.00 bits per heavy atom. The van der Waals surface area contributed by atoms with Crippen molar-refractivity contribution in [2.24, 2.45) is 0 Å². The summed E-state index contributed by atoms with van der Waals surface area (Å²) in [6.07, 6.45) is 3.38. The zero-order valence-electron chi connectivity index (χ0n) is 12.5. The highest BCUT2D eigenvalue weighted by Gasteiger charge is 2.28. The number of benzene rings is 1. The first-order valence-corrected chi connectivity index (χ1v) is 8.74. The quantitative estimate of drug-likeness (QED) is 0.862. The minimum absolute atomic E-state index is 0.494. The smallest absolute Gasteiger partial charge is 0.122 e. The molecule has 0 aliphatic carbocycles. The Hall–Kier alpha value is -1.32. The molecule has 1 aliphatic heterocycles. The highest BCUT2D eigenvalue weighted by Crippen LogP contribution is 2.36. The molecule has 3 rings (SSSR count). The molecule has 112 valence electrons. The molecular weight excluding hydrogens is 278 g/mol. The van der Waals surface area contributed by atoms with Crippen molar-refractivity contribution in [1.82, 2.24) is 5.32 Å². The van der Waals surface area contributed by atoms with Gasteiger partial charge >= 0.3 is 0 Å². The van der Waals surface area contributed by atoms with Crippen LogP contribution in [-0.4, -0.2) is 19.2 Å². The Balaban J connectivity index is 1.82. The van der Waals surface area contributed by atoms with Crippen LogP contribution in [0.5, 0.6) is 5.75 Å². The molecule has 21 heavy (non-hydrogen) atoms. The molecule has 0 fully saturated rings. The zero-order chi connectivity index (χ0) is 14.5. The summed E-state index contributed by atoms with van der Waals surface area (Å²) in [4.78, 5) is 1.47. The monoisotopic (exact) mass is 301 g/mol. The third-order valence-corrected chi connectivity index (χ3v) is 5.05. The number of ether oxygens (including phenoxy) is 1. The van der Waals surface area contributed by atoms with E-state index in [0.717, 1.165) is 31.7 Å². The van der Waals surface area contributed by atoms with E-state index in [2.05, 4.69) is 54.0 Å². The maximum absolute atomic E-state index is 5.82. The first kappa shape index (κ1) is 14.6. The van der Waals surface area contributed by atoms with Crippen LogP contribution in [0.25, 0.3) is 0 Å². The number of hydrogen-bond donors (Lipinski definition) is 1. The highest BCUT2D eigenvalue weighted by atomic mass is 32.1. The van der Waals surface area contributed by atoms with E-state index in [1.807, 2.05) is 11.3 Å². The number of thiophene rings is 1. The Labute approximate surface area is 131 Å². The molecule has 2 atom stereocenters. The fourth-order valence-corrected chi connectivity index (χ4v) is 3.88. The summed E-state index contributed by atoms with van der Waals surface area (Å²) in [7, 11) is 0. The van der Waals surface area contributed by atoms with Crippen LogP contribution in [0.3, 0.4) is 0 Å².